The van der Waals surface area contributed by atoms with Crippen LogP contribution in [0.2, 0.25) is 0 Å². The first-order chi connectivity index (χ1) is 18.8. The molecule has 3 aromatic rings. The molecule has 0 atom stereocenters. The zero-order valence-corrected chi connectivity index (χ0v) is 23.5. The highest BCUT2D eigenvalue weighted by molar-refractivity contribution is 14.1. The summed E-state index contributed by atoms with van der Waals surface area (Å²) in [4.78, 5) is 36.9. The summed E-state index contributed by atoms with van der Waals surface area (Å²) in [6, 6.07) is 19.2. The lowest BCUT2D eigenvalue weighted by atomic mass is 10.1. The maximum absolute atomic E-state index is 13.2. The van der Waals surface area contributed by atoms with Gasteiger partial charge in [0.1, 0.15) is 0 Å². The number of carbonyl (C=O) groups excluding carboxylic acids is 2. The lowest BCUT2D eigenvalue weighted by molar-refractivity contribution is -0.123. The van der Waals surface area contributed by atoms with Crippen molar-refractivity contribution in [3.63, 3.8) is 0 Å². The predicted molar refractivity (Wildman–Crippen MR) is 156 cm³/mol. The monoisotopic (exact) mass is 639 g/mol. The topological polar surface area (TPSA) is 118 Å². The number of nitrogens with zero attached hydrogens (tertiary/aromatic N) is 2. The number of carboxylic acid groups (broad SMARTS) is 1. The number of carboxylic acids is 1. The Morgan fingerprint density at radius 3 is 2.56 bits per heavy atom. The van der Waals surface area contributed by atoms with Crippen LogP contribution in [0.15, 0.2) is 77.4 Å². The summed E-state index contributed by atoms with van der Waals surface area (Å²) in [5, 5.41) is 17.6. The van der Waals surface area contributed by atoms with Crippen molar-refractivity contribution in [1.82, 2.24) is 5.32 Å². The fraction of sp³-hybridized carbons (Fsp3) is 0.172. The molecule has 0 bridgehead atoms. The third kappa shape index (κ3) is 6.82. The van der Waals surface area contributed by atoms with Gasteiger partial charge in [-0.05, 0) is 84.0 Å². The van der Waals surface area contributed by atoms with Crippen LogP contribution >= 0.6 is 22.6 Å². The maximum atomic E-state index is 13.2. The van der Waals surface area contributed by atoms with Gasteiger partial charge in [-0.25, -0.2) is 4.79 Å². The number of hydrazone groups is 1. The van der Waals surface area contributed by atoms with Gasteiger partial charge in [-0.3, -0.25) is 9.59 Å². The molecule has 1 aliphatic rings. The van der Waals surface area contributed by atoms with E-state index in [4.69, 9.17) is 9.47 Å². The molecule has 0 aliphatic carbocycles. The molecule has 1 aliphatic heterocycles. The molecule has 3 aromatic carbocycles. The second kappa shape index (κ2) is 12.6. The summed E-state index contributed by atoms with van der Waals surface area (Å²) in [5.74, 6) is -0.853. The molecule has 2 amide bonds. The summed E-state index contributed by atoms with van der Waals surface area (Å²) in [6.45, 7) is 4.15. The van der Waals surface area contributed by atoms with E-state index in [1.807, 2.05) is 43.3 Å². The molecule has 9 nitrogen and oxygen atoms in total. The van der Waals surface area contributed by atoms with Crippen molar-refractivity contribution in [2.75, 3.05) is 18.2 Å². The van der Waals surface area contributed by atoms with Crippen LogP contribution in [-0.4, -0.2) is 41.8 Å². The fourth-order valence-electron chi connectivity index (χ4n) is 3.86. The number of benzene rings is 3. The van der Waals surface area contributed by atoms with E-state index in [9.17, 15) is 19.5 Å². The maximum Gasteiger partial charge on any atom is 0.335 e. The van der Waals surface area contributed by atoms with Gasteiger partial charge in [-0.15, -0.1) is 0 Å². The van der Waals surface area contributed by atoms with Crippen LogP contribution in [0.5, 0.6) is 11.5 Å². The first kappa shape index (κ1) is 27.8. The van der Waals surface area contributed by atoms with Gasteiger partial charge in [0.2, 0.25) is 0 Å². The minimum absolute atomic E-state index is 0.0610. The molecule has 4 rings (SSSR count). The van der Waals surface area contributed by atoms with Crippen LogP contribution in [0.25, 0.3) is 6.08 Å². The van der Waals surface area contributed by atoms with E-state index in [1.54, 1.807) is 31.2 Å². The van der Waals surface area contributed by atoms with Crippen molar-refractivity contribution < 1.29 is 29.0 Å². The van der Waals surface area contributed by atoms with Crippen LogP contribution in [-0.2, 0) is 16.1 Å². The Morgan fingerprint density at radius 2 is 1.85 bits per heavy atom. The largest absolute Gasteiger partial charge is 0.490 e. The number of halogens is 1. The van der Waals surface area contributed by atoms with Crippen LogP contribution in [0.4, 0.5) is 5.69 Å². The van der Waals surface area contributed by atoms with Gasteiger partial charge in [0.15, 0.2) is 18.1 Å². The molecule has 0 saturated carbocycles. The van der Waals surface area contributed by atoms with E-state index in [0.29, 0.717) is 50.8 Å². The normalized spacial score (nSPS) is 13.8. The van der Waals surface area contributed by atoms with Crippen molar-refractivity contribution in [2.24, 2.45) is 5.10 Å². The van der Waals surface area contributed by atoms with Gasteiger partial charge in [-0.1, -0.05) is 36.4 Å². The standard InChI is InChI=1S/C29H26IN3O6/c1-3-38-25-14-20(13-24(30)27(25)39-17-26(34)31-16-19-8-5-4-6-9-19)12-23-18(2)32-33(28(23)35)22-11-7-10-21(15-22)29(36)37/h4-15H,3,16-17H2,1-2H3,(H,31,34)(H,36,37)/b23-12-. The second-order valence-corrected chi connectivity index (χ2v) is 9.69. The van der Waals surface area contributed by atoms with Gasteiger partial charge in [0.25, 0.3) is 11.8 Å². The summed E-state index contributed by atoms with van der Waals surface area (Å²) in [5.41, 5.74) is 2.95. The number of aromatic carboxylic acids is 1. The summed E-state index contributed by atoms with van der Waals surface area (Å²) >= 11 is 2.10. The lowest BCUT2D eigenvalue weighted by Gasteiger charge is -2.15. The van der Waals surface area contributed by atoms with E-state index in [2.05, 4.69) is 33.0 Å². The molecule has 0 spiro atoms. The molecular weight excluding hydrogens is 613 g/mol. The van der Waals surface area contributed by atoms with E-state index in [0.717, 1.165) is 5.56 Å². The zero-order valence-electron chi connectivity index (χ0n) is 21.3. The van der Waals surface area contributed by atoms with Gasteiger partial charge in [0, 0.05) is 6.54 Å². The molecule has 1 heterocycles. The van der Waals surface area contributed by atoms with Gasteiger partial charge < -0.3 is 19.9 Å². The molecule has 200 valence electrons. The van der Waals surface area contributed by atoms with E-state index < -0.39 is 5.97 Å². The average Bonchev–Trinajstić information content (AvgIpc) is 3.20. The SMILES string of the molecule is CCOc1cc(/C=C2\C(=O)N(c3cccc(C(=O)O)c3)N=C2C)cc(I)c1OCC(=O)NCc1ccccc1. The minimum Gasteiger partial charge on any atom is -0.490 e. The number of hydrogen-bond acceptors (Lipinski definition) is 6. The minimum atomic E-state index is -1.09. The third-order valence-electron chi connectivity index (χ3n) is 5.72. The molecule has 0 aromatic heterocycles. The van der Waals surface area contributed by atoms with Gasteiger partial charge in [0.05, 0.1) is 32.7 Å². The van der Waals surface area contributed by atoms with Gasteiger partial charge >= 0.3 is 5.97 Å². The van der Waals surface area contributed by atoms with Crippen molar-refractivity contribution in [1.29, 1.82) is 0 Å². The number of anilines is 1. The van der Waals surface area contributed by atoms with Crippen LogP contribution in [0, 0.1) is 3.57 Å². The van der Waals surface area contributed by atoms with Gasteiger partial charge in [-0.2, -0.15) is 10.1 Å². The molecule has 0 radical (unpaired) electrons. The molecule has 0 unspecified atom stereocenters. The number of amides is 2. The number of hydrogen-bond donors (Lipinski definition) is 2. The average molecular weight is 639 g/mol. The Balaban J connectivity index is 1.51. The predicted octanol–water partition coefficient (Wildman–Crippen LogP) is 4.89. The number of nitrogens with one attached hydrogen (secondary N) is 1. The molecule has 0 saturated heterocycles. The Morgan fingerprint density at radius 1 is 1.08 bits per heavy atom. The lowest BCUT2D eigenvalue weighted by Crippen LogP contribution is -2.28. The van der Waals surface area contributed by atoms with Crippen molar-refractivity contribution in [3.8, 4) is 11.5 Å². The Labute approximate surface area is 239 Å². The highest BCUT2D eigenvalue weighted by atomic mass is 127. The summed E-state index contributed by atoms with van der Waals surface area (Å²) in [6.07, 6.45) is 1.70. The third-order valence-corrected chi connectivity index (χ3v) is 6.52. The molecule has 0 fully saturated rings. The summed E-state index contributed by atoms with van der Waals surface area (Å²) < 4.78 is 12.3. The first-order valence-electron chi connectivity index (χ1n) is 12.1. The number of carbonyl (C=O) groups is 3. The summed E-state index contributed by atoms with van der Waals surface area (Å²) in [7, 11) is 0. The Hall–Kier alpha value is -4.19. The van der Waals surface area contributed by atoms with Crippen LogP contribution < -0.4 is 19.8 Å². The molecule has 2 N–H and O–H groups in total. The molecular formula is C29H26IN3O6. The van der Waals surface area contributed by atoms with Crippen LogP contribution in [0.1, 0.15) is 35.3 Å². The Kier molecular flexibility index (Phi) is 8.97. The van der Waals surface area contributed by atoms with Crippen molar-refractivity contribution in [3.05, 3.63) is 92.6 Å². The van der Waals surface area contributed by atoms with Crippen molar-refractivity contribution >= 4 is 57.8 Å². The highest BCUT2D eigenvalue weighted by Gasteiger charge is 2.29. The van der Waals surface area contributed by atoms with E-state index >= 15 is 0 Å². The quantitative estimate of drug-likeness (QED) is 0.241. The second-order valence-electron chi connectivity index (χ2n) is 8.53. The fourth-order valence-corrected chi connectivity index (χ4v) is 4.64. The first-order valence-corrected chi connectivity index (χ1v) is 13.2. The zero-order chi connectivity index (χ0) is 27.9. The molecule has 39 heavy (non-hydrogen) atoms. The number of rotatable bonds is 10. The Bertz CT molecular complexity index is 1470. The van der Waals surface area contributed by atoms with E-state index in [-0.39, 0.29) is 24.0 Å². The van der Waals surface area contributed by atoms with Crippen molar-refractivity contribution in [2.45, 2.75) is 20.4 Å². The highest BCUT2D eigenvalue weighted by Crippen LogP contribution is 2.35. The molecule has 10 heteroatoms. The van der Waals surface area contributed by atoms with Crippen LogP contribution in [0.3, 0.4) is 0 Å². The smallest absolute Gasteiger partial charge is 0.335 e. The van der Waals surface area contributed by atoms with E-state index in [1.165, 1.54) is 17.1 Å². The number of ether oxygens (including phenoxy) is 2.